The van der Waals surface area contributed by atoms with Crippen LogP contribution in [0.25, 0.3) is 33.8 Å². The summed E-state index contributed by atoms with van der Waals surface area (Å²) >= 11 is 8.50. The molecule has 2 heterocycles. The van der Waals surface area contributed by atoms with Gasteiger partial charge in [-0.25, -0.2) is 9.97 Å². The van der Waals surface area contributed by atoms with E-state index in [2.05, 4.69) is 62.2 Å². The Morgan fingerprint density at radius 1 is 0.970 bits per heavy atom. The first-order valence-electron chi connectivity index (χ1n) is 10.7. The maximum Gasteiger partial charge on any atom is 0.264 e. The molecule has 1 aliphatic carbocycles. The van der Waals surface area contributed by atoms with Gasteiger partial charge in [-0.1, -0.05) is 67.9 Å². The monoisotopic (exact) mass is 581 g/mol. The number of hydrogen-bond acceptors (Lipinski definition) is 4. The second-order valence-corrected chi connectivity index (χ2v) is 10.7. The molecule has 4 aromatic rings. The minimum Gasteiger partial charge on any atom is -0.290 e. The summed E-state index contributed by atoms with van der Waals surface area (Å²) in [5.41, 5.74) is 6.86. The molecule has 0 saturated heterocycles. The first-order valence-corrected chi connectivity index (χ1v) is 13.5. The van der Waals surface area contributed by atoms with Gasteiger partial charge in [0.1, 0.15) is 0 Å². The molecular formula is C26H21Br2N3OS. The van der Waals surface area contributed by atoms with Crippen molar-refractivity contribution in [2.75, 3.05) is 6.26 Å². The molecule has 2 aromatic carbocycles. The molecule has 0 unspecified atom stereocenters. The van der Waals surface area contributed by atoms with Crippen LogP contribution >= 0.6 is 43.6 Å². The molecule has 0 aliphatic heterocycles. The van der Waals surface area contributed by atoms with E-state index in [0.717, 1.165) is 56.2 Å². The second kappa shape index (κ2) is 9.20. The van der Waals surface area contributed by atoms with Gasteiger partial charge in [-0.15, -0.1) is 0 Å². The molecule has 0 amide bonds. The third-order valence-electron chi connectivity index (χ3n) is 5.99. The van der Waals surface area contributed by atoms with Gasteiger partial charge >= 0.3 is 0 Å². The number of hydrogen-bond donors (Lipinski definition) is 0. The molecule has 0 radical (unpaired) electrons. The highest BCUT2D eigenvalue weighted by Crippen LogP contribution is 2.40. The molecule has 0 saturated carbocycles. The lowest BCUT2D eigenvalue weighted by Crippen LogP contribution is -2.22. The van der Waals surface area contributed by atoms with Gasteiger partial charge in [0.05, 0.1) is 11.1 Å². The van der Waals surface area contributed by atoms with Crippen LogP contribution in [-0.2, 0) is 13.5 Å². The lowest BCUT2D eigenvalue weighted by Gasteiger charge is -2.23. The number of halogens is 2. The van der Waals surface area contributed by atoms with E-state index in [4.69, 9.17) is 9.97 Å². The van der Waals surface area contributed by atoms with Crippen molar-refractivity contribution in [2.24, 2.45) is 7.05 Å². The first kappa shape index (κ1) is 22.6. The third kappa shape index (κ3) is 4.22. The van der Waals surface area contributed by atoms with Gasteiger partial charge in [-0.2, -0.15) is 0 Å². The number of rotatable bonds is 3. The lowest BCUT2D eigenvalue weighted by atomic mass is 9.84. The summed E-state index contributed by atoms with van der Waals surface area (Å²) < 4.78 is 3.69. The summed E-state index contributed by atoms with van der Waals surface area (Å²) in [6, 6.07) is 16.5. The van der Waals surface area contributed by atoms with Crippen molar-refractivity contribution in [1.82, 2.24) is 14.5 Å². The minimum absolute atomic E-state index is 0.0541. The summed E-state index contributed by atoms with van der Waals surface area (Å²) in [5, 5.41) is 1.26. The Bertz CT molecular complexity index is 1460. The molecule has 0 atom stereocenters. The van der Waals surface area contributed by atoms with Crippen LogP contribution < -0.4 is 5.56 Å². The van der Waals surface area contributed by atoms with Gasteiger partial charge in [0.25, 0.3) is 5.56 Å². The van der Waals surface area contributed by atoms with Gasteiger partial charge in [0, 0.05) is 21.6 Å². The molecule has 2 aromatic heterocycles. The maximum absolute atomic E-state index is 13.5. The van der Waals surface area contributed by atoms with Crippen LogP contribution in [0.15, 0.2) is 67.4 Å². The van der Waals surface area contributed by atoms with Gasteiger partial charge in [-0.05, 0) is 78.1 Å². The van der Waals surface area contributed by atoms with Crippen LogP contribution in [-0.4, -0.2) is 20.8 Å². The summed E-state index contributed by atoms with van der Waals surface area (Å²) in [6.07, 6.45) is 6.99. The summed E-state index contributed by atoms with van der Waals surface area (Å²) in [4.78, 5) is 23.3. The normalized spacial score (nSPS) is 14.6. The smallest absolute Gasteiger partial charge is 0.264 e. The fourth-order valence-electron chi connectivity index (χ4n) is 4.42. The summed E-state index contributed by atoms with van der Waals surface area (Å²) in [5.74, 6) is 0. The van der Waals surface area contributed by atoms with E-state index in [1.165, 1.54) is 17.3 Å². The molecular weight excluding hydrogens is 562 g/mol. The van der Waals surface area contributed by atoms with Crippen LogP contribution in [0.2, 0.25) is 0 Å². The number of thioether (sulfide) groups is 1. The van der Waals surface area contributed by atoms with Crippen LogP contribution in [0.4, 0.5) is 0 Å². The molecule has 7 heteroatoms. The van der Waals surface area contributed by atoms with Crippen molar-refractivity contribution in [3.63, 3.8) is 0 Å². The highest BCUT2D eigenvalue weighted by Gasteiger charge is 2.25. The van der Waals surface area contributed by atoms with Crippen molar-refractivity contribution < 1.29 is 0 Å². The van der Waals surface area contributed by atoms with E-state index in [1.807, 2.05) is 30.5 Å². The van der Waals surface area contributed by atoms with E-state index in [0.29, 0.717) is 16.2 Å². The molecule has 33 heavy (non-hydrogen) atoms. The highest BCUT2D eigenvalue weighted by molar-refractivity contribution is 9.10. The lowest BCUT2D eigenvalue weighted by molar-refractivity contribution is 0.722. The highest BCUT2D eigenvalue weighted by atomic mass is 79.9. The molecule has 0 bridgehead atoms. The number of aromatic nitrogens is 3. The van der Waals surface area contributed by atoms with Crippen molar-refractivity contribution in [1.29, 1.82) is 0 Å². The standard InChI is InChI=1S/C26H21Br2N3OS/c1-31-25(32)22-21(16-8-12-19(28)13-9-16)20-5-3-4-17(14-15-6-10-18(27)11-7-15)23(20)29-24(22)30-26(31)33-2/h6-14H,3-5H2,1-2H3/b17-14+. The number of nitrogens with zero attached hydrogens (tertiary/aromatic N) is 3. The van der Waals surface area contributed by atoms with Crippen molar-refractivity contribution in [2.45, 2.75) is 24.4 Å². The zero-order chi connectivity index (χ0) is 23.1. The molecule has 1 aliphatic rings. The van der Waals surface area contributed by atoms with Crippen LogP contribution in [0.1, 0.15) is 29.7 Å². The molecule has 166 valence electrons. The van der Waals surface area contributed by atoms with Crippen molar-refractivity contribution in [3.8, 4) is 11.1 Å². The number of benzene rings is 2. The summed E-state index contributed by atoms with van der Waals surface area (Å²) in [7, 11) is 1.78. The fourth-order valence-corrected chi connectivity index (χ4v) is 5.48. The SMILES string of the molecule is CSc1nc2nc3c(c(-c4ccc(Br)cc4)c2c(=O)n1C)CCC/C3=C\c1ccc(Br)cc1. The Morgan fingerprint density at radius 2 is 1.64 bits per heavy atom. The van der Waals surface area contributed by atoms with Gasteiger partial charge < -0.3 is 0 Å². The zero-order valence-corrected chi connectivity index (χ0v) is 22.2. The molecule has 0 N–H and O–H groups in total. The van der Waals surface area contributed by atoms with Crippen LogP contribution in [0.5, 0.6) is 0 Å². The van der Waals surface area contributed by atoms with Crippen molar-refractivity contribution in [3.05, 3.63) is 84.7 Å². The number of fused-ring (bicyclic) bond motifs is 2. The molecule has 0 fully saturated rings. The Balaban J connectivity index is 1.85. The van der Waals surface area contributed by atoms with Crippen LogP contribution in [0.3, 0.4) is 0 Å². The van der Waals surface area contributed by atoms with Gasteiger partial charge in [0.2, 0.25) is 0 Å². The van der Waals surface area contributed by atoms with E-state index < -0.39 is 0 Å². The Morgan fingerprint density at radius 3 is 2.30 bits per heavy atom. The number of pyridine rings is 1. The van der Waals surface area contributed by atoms with Gasteiger partial charge in [0.15, 0.2) is 10.8 Å². The molecule has 0 spiro atoms. The third-order valence-corrected chi connectivity index (χ3v) is 7.78. The second-order valence-electron chi connectivity index (χ2n) is 8.06. The molecule has 4 nitrogen and oxygen atoms in total. The largest absolute Gasteiger partial charge is 0.290 e. The predicted molar refractivity (Wildman–Crippen MR) is 145 cm³/mol. The van der Waals surface area contributed by atoms with Gasteiger partial charge in [-0.3, -0.25) is 9.36 Å². The zero-order valence-electron chi connectivity index (χ0n) is 18.2. The van der Waals surface area contributed by atoms with E-state index in [-0.39, 0.29) is 5.56 Å². The number of allylic oxidation sites excluding steroid dienone is 1. The van der Waals surface area contributed by atoms with E-state index in [1.54, 1.807) is 11.6 Å². The average molecular weight is 583 g/mol. The quantitative estimate of drug-likeness (QED) is 0.191. The minimum atomic E-state index is -0.0541. The average Bonchev–Trinajstić information content (AvgIpc) is 2.82. The fraction of sp³-hybridized carbons (Fsp3) is 0.192. The van der Waals surface area contributed by atoms with E-state index in [9.17, 15) is 4.79 Å². The topological polar surface area (TPSA) is 47.8 Å². The molecule has 5 rings (SSSR count). The Labute approximate surface area is 213 Å². The van der Waals surface area contributed by atoms with Crippen LogP contribution in [0, 0.1) is 0 Å². The maximum atomic E-state index is 13.5. The Hall–Kier alpha value is -2.22. The first-order chi connectivity index (χ1) is 16.0. The predicted octanol–water partition coefficient (Wildman–Crippen LogP) is 7.12. The summed E-state index contributed by atoms with van der Waals surface area (Å²) in [6.45, 7) is 0. The van der Waals surface area contributed by atoms with E-state index >= 15 is 0 Å². The Kier molecular flexibility index (Phi) is 6.29. The van der Waals surface area contributed by atoms with Crippen molar-refractivity contribution >= 4 is 66.3 Å².